The zero-order valence-electron chi connectivity index (χ0n) is 17.4. The second kappa shape index (κ2) is 10.1. The third-order valence-corrected chi connectivity index (χ3v) is 7.24. The third-order valence-electron chi connectivity index (χ3n) is 6.65. The molecule has 1 unspecified atom stereocenters. The summed E-state index contributed by atoms with van der Waals surface area (Å²) in [6.45, 7) is 5.89. The summed E-state index contributed by atoms with van der Waals surface area (Å²) < 4.78 is 0. The van der Waals surface area contributed by atoms with E-state index in [-0.39, 0.29) is 0 Å². The van der Waals surface area contributed by atoms with Gasteiger partial charge in [-0.25, -0.2) is 0 Å². The molecule has 1 N–H and O–H groups in total. The summed E-state index contributed by atoms with van der Waals surface area (Å²) in [5.74, 6) is 0. The summed E-state index contributed by atoms with van der Waals surface area (Å²) in [5, 5.41) is 3.63. The van der Waals surface area contributed by atoms with Crippen molar-refractivity contribution < 1.29 is 0 Å². The molecular weight excluding hydrogens is 378 g/mol. The van der Waals surface area contributed by atoms with Crippen molar-refractivity contribution in [2.75, 3.05) is 32.7 Å². The first-order chi connectivity index (χ1) is 14.3. The van der Waals surface area contributed by atoms with Crippen LogP contribution in [0.1, 0.15) is 43.2 Å². The second-order valence-electron chi connectivity index (χ2n) is 8.53. The van der Waals surface area contributed by atoms with Gasteiger partial charge in [0.25, 0.3) is 0 Å². The molecule has 2 fully saturated rings. The minimum absolute atomic E-state index is 0.505. The lowest BCUT2D eigenvalue weighted by Gasteiger charge is -2.47. The first kappa shape index (κ1) is 20.9. The number of nitrogens with zero attached hydrogens (tertiary/aromatic N) is 2. The average molecular weight is 412 g/mol. The van der Waals surface area contributed by atoms with Crippen molar-refractivity contribution in [2.45, 2.75) is 49.7 Å². The molecule has 1 saturated carbocycles. The van der Waals surface area contributed by atoms with Crippen molar-refractivity contribution in [1.82, 2.24) is 15.1 Å². The zero-order valence-corrected chi connectivity index (χ0v) is 18.2. The fourth-order valence-electron chi connectivity index (χ4n) is 4.95. The van der Waals surface area contributed by atoms with Crippen LogP contribution in [0.5, 0.6) is 0 Å². The molecule has 156 valence electrons. The molecule has 0 spiro atoms. The van der Waals surface area contributed by atoms with Crippen LogP contribution >= 0.6 is 11.6 Å². The highest BCUT2D eigenvalue weighted by Gasteiger charge is 2.38. The van der Waals surface area contributed by atoms with E-state index in [1.54, 1.807) is 0 Å². The number of hydrogen-bond acceptors (Lipinski definition) is 3. The number of rotatable bonds is 7. The molecule has 1 aliphatic carbocycles. The monoisotopic (exact) mass is 411 g/mol. The molecule has 2 aliphatic rings. The molecule has 1 aliphatic heterocycles. The van der Waals surface area contributed by atoms with Crippen molar-refractivity contribution in [1.29, 1.82) is 0 Å². The van der Waals surface area contributed by atoms with Gasteiger partial charge in [0.1, 0.15) is 5.00 Å². The standard InChI is InChI=1S/C25H34ClN3/c26-25(23-12-6-2-7-13-23,21-27-20-22-10-4-1-5-11-22)29-18-16-28(17-19-29)24-14-8-3-9-15-24/h1-2,4-7,10-13,24,27H,3,8-9,14-21H2. The molecule has 2 aromatic rings. The van der Waals surface area contributed by atoms with E-state index in [0.29, 0.717) is 0 Å². The molecule has 0 amide bonds. The molecule has 2 aromatic carbocycles. The van der Waals surface area contributed by atoms with Crippen LogP contribution in [0.25, 0.3) is 0 Å². The molecule has 4 heteroatoms. The van der Waals surface area contributed by atoms with Gasteiger partial charge in [-0.05, 0) is 24.0 Å². The molecule has 29 heavy (non-hydrogen) atoms. The maximum Gasteiger partial charge on any atom is 0.134 e. The molecule has 1 atom stereocenters. The highest BCUT2D eigenvalue weighted by molar-refractivity contribution is 6.24. The number of halogens is 1. The lowest BCUT2D eigenvalue weighted by Crippen LogP contribution is -2.58. The van der Waals surface area contributed by atoms with Crippen LogP contribution in [-0.4, -0.2) is 48.6 Å². The Balaban J connectivity index is 1.41. The van der Waals surface area contributed by atoms with Crippen molar-refractivity contribution in [3.63, 3.8) is 0 Å². The first-order valence-corrected chi connectivity index (χ1v) is 11.6. The van der Waals surface area contributed by atoms with Gasteiger partial charge in [-0.15, -0.1) is 0 Å². The summed E-state index contributed by atoms with van der Waals surface area (Å²) in [4.78, 5) is 4.70. The van der Waals surface area contributed by atoms with Gasteiger partial charge in [0.15, 0.2) is 0 Å². The molecule has 1 saturated heterocycles. The second-order valence-corrected chi connectivity index (χ2v) is 9.15. The van der Waals surface area contributed by atoms with Crippen LogP contribution in [0.2, 0.25) is 0 Å². The number of alkyl halides is 1. The van der Waals surface area contributed by atoms with E-state index in [1.807, 2.05) is 0 Å². The summed E-state index contributed by atoms with van der Waals surface area (Å²) >= 11 is 7.39. The van der Waals surface area contributed by atoms with E-state index in [0.717, 1.165) is 45.3 Å². The Morgan fingerprint density at radius 3 is 2.10 bits per heavy atom. The van der Waals surface area contributed by atoms with Gasteiger partial charge in [0.2, 0.25) is 0 Å². The molecule has 3 nitrogen and oxygen atoms in total. The van der Waals surface area contributed by atoms with Gasteiger partial charge < -0.3 is 5.32 Å². The lowest BCUT2D eigenvalue weighted by atomic mass is 9.93. The molecule has 4 rings (SSSR count). The molecule has 0 bridgehead atoms. The summed E-state index contributed by atoms with van der Waals surface area (Å²) in [6.07, 6.45) is 6.98. The average Bonchev–Trinajstić information content (AvgIpc) is 2.81. The SMILES string of the molecule is ClC(CNCc1ccccc1)(c1ccccc1)N1CCN(C2CCCCC2)CC1. The lowest BCUT2D eigenvalue weighted by molar-refractivity contribution is 0.0418. The first-order valence-electron chi connectivity index (χ1n) is 11.2. The van der Waals surface area contributed by atoms with E-state index < -0.39 is 5.00 Å². The number of piperazine rings is 1. The van der Waals surface area contributed by atoms with Gasteiger partial charge in [0.05, 0.1) is 0 Å². The maximum atomic E-state index is 7.39. The van der Waals surface area contributed by atoms with Crippen LogP contribution < -0.4 is 5.32 Å². The zero-order chi connectivity index (χ0) is 19.9. The Morgan fingerprint density at radius 2 is 1.45 bits per heavy atom. The Hall–Kier alpha value is -1.39. The minimum Gasteiger partial charge on any atom is -0.309 e. The fourth-order valence-corrected chi connectivity index (χ4v) is 5.34. The van der Waals surface area contributed by atoms with Crippen LogP contribution in [0.4, 0.5) is 0 Å². The Labute approximate surface area is 181 Å². The Morgan fingerprint density at radius 1 is 0.828 bits per heavy atom. The van der Waals surface area contributed by atoms with Gasteiger partial charge >= 0.3 is 0 Å². The predicted octanol–water partition coefficient (Wildman–Crippen LogP) is 4.82. The molecular formula is C25H34ClN3. The minimum atomic E-state index is -0.505. The predicted molar refractivity (Wildman–Crippen MR) is 122 cm³/mol. The quantitative estimate of drug-likeness (QED) is 0.520. The van der Waals surface area contributed by atoms with Gasteiger partial charge in [-0.2, -0.15) is 0 Å². The highest BCUT2D eigenvalue weighted by atomic mass is 35.5. The molecule has 0 aromatic heterocycles. The number of hydrogen-bond donors (Lipinski definition) is 1. The van der Waals surface area contributed by atoms with E-state index in [4.69, 9.17) is 11.6 Å². The van der Waals surface area contributed by atoms with Crippen molar-refractivity contribution >= 4 is 11.6 Å². The van der Waals surface area contributed by atoms with E-state index in [1.165, 1.54) is 43.2 Å². The van der Waals surface area contributed by atoms with Gasteiger partial charge in [-0.1, -0.05) is 91.5 Å². The summed E-state index contributed by atoms with van der Waals surface area (Å²) in [5.41, 5.74) is 2.48. The largest absolute Gasteiger partial charge is 0.309 e. The van der Waals surface area contributed by atoms with Gasteiger partial charge in [0, 0.05) is 45.3 Å². The molecule has 0 radical (unpaired) electrons. The van der Waals surface area contributed by atoms with Crippen LogP contribution in [0.15, 0.2) is 60.7 Å². The van der Waals surface area contributed by atoms with Crippen LogP contribution in [0.3, 0.4) is 0 Å². The van der Waals surface area contributed by atoms with Gasteiger partial charge in [-0.3, -0.25) is 9.80 Å². The molecule has 1 heterocycles. The topological polar surface area (TPSA) is 18.5 Å². The smallest absolute Gasteiger partial charge is 0.134 e. The Kier molecular flexibility index (Phi) is 7.25. The normalized spacial score (nSPS) is 21.7. The van der Waals surface area contributed by atoms with Crippen molar-refractivity contribution in [2.24, 2.45) is 0 Å². The number of nitrogens with one attached hydrogen (secondary N) is 1. The van der Waals surface area contributed by atoms with E-state index >= 15 is 0 Å². The highest BCUT2D eigenvalue weighted by Crippen LogP contribution is 2.34. The summed E-state index contributed by atoms with van der Waals surface area (Å²) in [7, 11) is 0. The van der Waals surface area contributed by atoms with Crippen LogP contribution in [0, 0.1) is 0 Å². The summed E-state index contributed by atoms with van der Waals surface area (Å²) in [6, 6.07) is 22.0. The van der Waals surface area contributed by atoms with E-state index in [9.17, 15) is 0 Å². The third kappa shape index (κ3) is 5.21. The van der Waals surface area contributed by atoms with Crippen molar-refractivity contribution in [3.05, 3.63) is 71.8 Å². The number of benzene rings is 2. The van der Waals surface area contributed by atoms with Crippen molar-refractivity contribution in [3.8, 4) is 0 Å². The van der Waals surface area contributed by atoms with Crippen LogP contribution in [-0.2, 0) is 11.5 Å². The Bertz CT molecular complexity index is 724. The van der Waals surface area contributed by atoms with E-state index in [2.05, 4.69) is 75.8 Å². The maximum absolute atomic E-state index is 7.39. The fraction of sp³-hybridized carbons (Fsp3) is 0.520.